The second kappa shape index (κ2) is 7.73. The van der Waals surface area contributed by atoms with Crippen LogP contribution in [0, 0.1) is 5.92 Å². The molecule has 6 heteroatoms. The number of hydrogen-bond donors (Lipinski definition) is 2. The number of likely N-dealkylation sites (tertiary alicyclic amines) is 1. The maximum Gasteiger partial charge on any atom is 0.211 e. The van der Waals surface area contributed by atoms with Gasteiger partial charge in [0.05, 0.1) is 11.9 Å². The third-order valence-corrected chi connectivity index (χ3v) is 5.94. The Morgan fingerprint density at radius 1 is 1.15 bits per heavy atom. The number of nitrogens with zero attached hydrogens (tertiary/aromatic N) is 1. The molecule has 1 heterocycles. The van der Waals surface area contributed by atoms with E-state index >= 15 is 0 Å². The fourth-order valence-electron chi connectivity index (χ4n) is 3.31. The van der Waals surface area contributed by atoms with Crippen LogP contribution in [0.4, 0.5) is 0 Å². The fourth-order valence-corrected chi connectivity index (χ4v) is 4.84. The first-order valence-corrected chi connectivity index (χ1v) is 9.58. The number of β-amino-alcohol motifs (C(OH)–C–C–N with tert-alkyl or cyclic N) is 1. The van der Waals surface area contributed by atoms with Crippen LogP contribution < -0.4 is 4.72 Å². The first kappa shape index (κ1) is 16.2. The first-order valence-electron chi connectivity index (χ1n) is 7.93. The Kier molecular flexibility index (Phi) is 6.26. The third kappa shape index (κ3) is 5.68. The SMILES string of the molecule is O=S(=O)(CC1CCCC1)NCCCN1CCCC(O)C1. The lowest BCUT2D eigenvalue weighted by Gasteiger charge is -2.29. The van der Waals surface area contributed by atoms with Crippen molar-refractivity contribution in [3.63, 3.8) is 0 Å². The highest BCUT2D eigenvalue weighted by Gasteiger charge is 2.22. The fraction of sp³-hybridized carbons (Fsp3) is 1.00. The Labute approximate surface area is 122 Å². The molecule has 1 saturated carbocycles. The molecule has 1 saturated heterocycles. The molecule has 1 aliphatic carbocycles. The van der Waals surface area contributed by atoms with Crippen molar-refractivity contribution in [2.45, 2.75) is 51.0 Å². The molecule has 2 aliphatic rings. The minimum absolute atomic E-state index is 0.206. The van der Waals surface area contributed by atoms with Gasteiger partial charge in [-0.1, -0.05) is 12.8 Å². The Bertz CT molecular complexity index is 380. The van der Waals surface area contributed by atoms with E-state index in [0.29, 0.717) is 18.2 Å². The standard InChI is InChI=1S/C14H28N2O3S/c17-14-7-3-9-16(11-14)10-4-8-15-20(18,19)12-13-5-1-2-6-13/h13-15,17H,1-12H2. The summed E-state index contributed by atoms with van der Waals surface area (Å²) < 4.78 is 26.6. The molecule has 1 aliphatic heterocycles. The minimum Gasteiger partial charge on any atom is -0.392 e. The smallest absolute Gasteiger partial charge is 0.211 e. The molecule has 0 spiro atoms. The molecule has 0 aromatic carbocycles. The highest BCUT2D eigenvalue weighted by Crippen LogP contribution is 2.25. The summed E-state index contributed by atoms with van der Waals surface area (Å²) in [5.74, 6) is 0.667. The van der Waals surface area contributed by atoms with Crippen LogP contribution in [0.1, 0.15) is 44.9 Å². The Balaban J connectivity index is 1.59. The molecular formula is C14H28N2O3S. The third-order valence-electron chi connectivity index (χ3n) is 4.38. The van der Waals surface area contributed by atoms with Gasteiger partial charge in [0.15, 0.2) is 0 Å². The molecule has 0 bridgehead atoms. The molecule has 0 radical (unpaired) electrons. The molecular weight excluding hydrogens is 276 g/mol. The predicted molar refractivity (Wildman–Crippen MR) is 80.0 cm³/mol. The number of aliphatic hydroxyl groups excluding tert-OH is 1. The molecule has 2 N–H and O–H groups in total. The molecule has 0 aromatic rings. The average Bonchev–Trinajstić information content (AvgIpc) is 2.87. The van der Waals surface area contributed by atoms with Crippen LogP contribution in [0.15, 0.2) is 0 Å². The maximum absolute atomic E-state index is 11.9. The van der Waals surface area contributed by atoms with E-state index in [-0.39, 0.29) is 6.10 Å². The van der Waals surface area contributed by atoms with Gasteiger partial charge >= 0.3 is 0 Å². The van der Waals surface area contributed by atoms with E-state index in [9.17, 15) is 13.5 Å². The highest BCUT2D eigenvalue weighted by atomic mass is 32.2. The van der Waals surface area contributed by atoms with Crippen molar-refractivity contribution in [1.82, 2.24) is 9.62 Å². The van der Waals surface area contributed by atoms with Gasteiger partial charge in [0.25, 0.3) is 0 Å². The van der Waals surface area contributed by atoms with Crippen molar-refractivity contribution >= 4 is 10.0 Å². The summed E-state index contributed by atoms with van der Waals surface area (Å²) in [4.78, 5) is 2.22. The number of aliphatic hydroxyl groups is 1. The Hall–Kier alpha value is -0.170. The van der Waals surface area contributed by atoms with Gasteiger partial charge in [-0.3, -0.25) is 0 Å². The van der Waals surface area contributed by atoms with E-state index in [0.717, 1.165) is 51.7 Å². The zero-order valence-electron chi connectivity index (χ0n) is 12.3. The van der Waals surface area contributed by atoms with Crippen LogP contribution in [-0.4, -0.2) is 56.5 Å². The number of hydrogen-bond acceptors (Lipinski definition) is 4. The van der Waals surface area contributed by atoms with Gasteiger partial charge in [-0.15, -0.1) is 0 Å². The highest BCUT2D eigenvalue weighted by molar-refractivity contribution is 7.89. The van der Waals surface area contributed by atoms with Gasteiger partial charge < -0.3 is 10.0 Å². The van der Waals surface area contributed by atoms with Gasteiger partial charge in [0.2, 0.25) is 10.0 Å². The van der Waals surface area contributed by atoms with Crippen molar-refractivity contribution in [2.24, 2.45) is 5.92 Å². The predicted octanol–water partition coefficient (Wildman–Crippen LogP) is 0.943. The van der Waals surface area contributed by atoms with Crippen LogP contribution >= 0.6 is 0 Å². The molecule has 0 aromatic heterocycles. The number of sulfonamides is 1. The van der Waals surface area contributed by atoms with Crippen LogP contribution in [0.5, 0.6) is 0 Å². The van der Waals surface area contributed by atoms with E-state index in [4.69, 9.17) is 0 Å². The lowest BCUT2D eigenvalue weighted by atomic mass is 10.1. The van der Waals surface area contributed by atoms with E-state index in [1.807, 2.05) is 0 Å². The van der Waals surface area contributed by atoms with Crippen molar-refractivity contribution in [2.75, 3.05) is 31.9 Å². The van der Waals surface area contributed by atoms with Crippen LogP contribution in [-0.2, 0) is 10.0 Å². The quantitative estimate of drug-likeness (QED) is 0.687. The van der Waals surface area contributed by atoms with Gasteiger partial charge in [-0.25, -0.2) is 13.1 Å². The largest absolute Gasteiger partial charge is 0.392 e. The lowest BCUT2D eigenvalue weighted by molar-refractivity contribution is 0.0704. The second-order valence-electron chi connectivity index (χ2n) is 6.28. The normalized spacial score (nSPS) is 26.1. The average molecular weight is 304 g/mol. The zero-order valence-corrected chi connectivity index (χ0v) is 13.1. The molecule has 1 atom stereocenters. The molecule has 2 rings (SSSR count). The Morgan fingerprint density at radius 3 is 2.60 bits per heavy atom. The van der Waals surface area contributed by atoms with Crippen molar-refractivity contribution < 1.29 is 13.5 Å². The molecule has 20 heavy (non-hydrogen) atoms. The lowest BCUT2D eigenvalue weighted by Crippen LogP contribution is -2.40. The van der Waals surface area contributed by atoms with E-state index in [1.165, 1.54) is 12.8 Å². The number of rotatable bonds is 7. The monoisotopic (exact) mass is 304 g/mol. The minimum atomic E-state index is -3.10. The summed E-state index contributed by atoms with van der Waals surface area (Å²) in [7, 11) is -3.10. The van der Waals surface area contributed by atoms with Crippen LogP contribution in [0.2, 0.25) is 0 Å². The topological polar surface area (TPSA) is 69.6 Å². The summed E-state index contributed by atoms with van der Waals surface area (Å²) in [6.45, 7) is 3.13. The van der Waals surface area contributed by atoms with E-state index in [1.54, 1.807) is 0 Å². The second-order valence-corrected chi connectivity index (χ2v) is 8.13. The number of nitrogens with one attached hydrogen (secondary N) is 1. The molecule has 5 nitrogen and oxygen atoms in total. The zero-order chi connectivity index (χ0) is 14.4. The van der Waals surface area contributed by atoms with Crippen molar-refractivity contribution in [3.05, 3.63) is 0 Å². The summed E-state index contributed by atoms with van der Waals surface area (Å²) in [5.41, 5.74) is 0. The van der Waals surface area contributed by atoms with Crippen molar-refractivity contribution in [3.8, 4) is 0 Å². The summed E-state index contributed by atoms with van der Waals surface area (Å²) in [6.07, 6.45) is 7.02. The van der Waals surface area contributed by atoms with E-state index in [2.05, 4.69) is 9.62 Å². The van der Waals surface area contributed by atoms with Gasteiger partial charge in [0.1, 0.15) is 0 Å². The van der Waals surface area contributed by atoms with E-state index < -0.39 is 10.0 Å². The van der Waals surface area contributed by atoms with Crippen LogP contribution in [0.3, 0.4) is 0 Å². The molecule has 0 amide bonds. The number of piperidine rings is 1. The molecule has 2 fully saturated rings. The molecule has 1 unspecified atom stereocenters. The summed E-state index contributed by atoms with van der Waals surface area (Å²) in [6, 6.07) is 0. The van der Waals surface area contributed by atoms with Gasteiger partial charge in [-0.2, -0.15) is 0 Å². The van der Waals surface area contributed by atoms with Crippen molar-refractivity contribution in [1.29, 1.82) is 0 Å². The summed E-state index contributed by atoms with van der Waals surface area (Å²) >= 11 is 0. The van der Waals surface area contributed by atoms with Crippen LogP contribution in [0.25, 0.3) is 0 Å². The first-order chi connectivity index (χ1) is 9.55. The Morgan fingerprint density at radius 2 is 1.90 bits per heavy atom. The van der Waals surface area contributed by atoms with Gasteiger partial charge in [-0.05, 0) is 51.1 Å². The maximum atomic E-state index is 11.9. The van der Waals surface area contributed by atoms with Gasteiger partial charge in [0, 0.05) is 13.1 Å². The summed E-state index contributed by atoms with van der Waals surface area (Å²) in [5, 5.41) is 9.57. The molecule has 118 valence electrons.